The average molecular weight is 413 g/mol. The van der Waals surface area contributed by atoms with Crippen LogP contribution in [0.3, 0.4) is 0 Å². The van der Waals surface area contributed by atoms with E-state index in [1.165, 1.54) is 12.3 Å². The van der Waals surface area contributed by atoms with Crippen molar-refractivity contribution in [3.05, 3.63) is 42.1 Å². The second kappa shape index (κ2) is 7.67. The zero-order chi connectivity index (χ0) is 20.7. The highest BCUT2D eigenvalue weighted by molar-refractivity contribution is 5.95. The number of urea groups is 1. The molecule has 0 radical (unpaired) electrons. The maximum Gasteiger partial charge on any atom is 0.318 e. The number of aromatic nitrogens is 1. The molecule has 2 saturated heterocycles. The Bertz CT molecular complexity index is 920. The van der Waals surface area contributed by atoms with Crippen molar-refractivity contribution in [3.63, 3.8) is 0 Å². The Labute approximate surface area is 173 Å². The summed E-state index contributed by atoms with van der Waals surface area (Å²) in [5, 5.41) is 18.7. The summed E-state index contributed by atoms with van der Waals surface area (Å²) in [6.45, 7) is 1.70. The van der Waals surface area contributed by atoms with Crippen LogP contribution in [0.4, 0.5) is 9.18 Å². The number of carbonyl (C=O) groups excluding carboxylic acids is 1. The summed E-state index contributed by atoms with van der Waals surface area (Å²) in [6, 6.07) is 0.958. The molecule has 0 bridgehead atoms. The molecule has 4 aliphatic heterocycles. The number of pyridine rings is 1. The van der Waals surface area contributed by atoms with Gasteiger partial charge in [0.05, 0.1) is 24.6 Å². The van der Waals surface area contributed by atoms with Crippen LogP contribution in [0.1, 0.15) is 30.9 Å². The number of hydrogen-bond acceptors (Lipinski definition) is 7. The standard InChI is InChI=1S/C20H24FN7O2/c21-14-8-13(9-22-10-14)17-2-1-5-27(17)18-4-7-28-19(25-18)16(11-23-28)24-20(30)26-6-3-15(29)12-26/h4,7-11,15-17,19,29H,1-3,5-6,12H2,(H,24,30)/t15-,16?,17-,19?/m1/s1. The number of halogens is 1. The van der Waals surface area contributed by atoms with Crippen molar-refractivity contribution in [2.45, 2.75) is 43.6 Å². The number of aliphatic hydroxyl groups is 1. The van der Waals surface area contributed by atoms with Gasteiger partial charge in [-0.1, -0.05) is 0 Å². The highest BCUT2D eigenvalue weighted by Gasteiger charge is 2.37. The van der Waals surface area contributed by atoms with Crippen molar-refractivity contribution in [1.29, 1.82) is 0 Å². The lowest BCUT2D eigenvalue weighted by Gasteiger charge is -2.32. The van der Waals surface area contributed by atoms with Gasteiger partial charge >= 0.3 is 6.03 Å². The molecule has 4 aliphatic rings. The number of rotatable bonds is 2. The molecule has 2 amide bonds. The van der Waals surface area contributed by atoms with Gasteiger partial charge in [-0.3, -0.25) is 4.98 Å². The minimum absolute atomic E-state index is 0.0181. The summed E-state index contributed by atoms with van der Waals surface area (Å²) < 4.78 is 13.7. The van der Waals surface area contributed by atoms with Gasteiger partial charge in [-0.2, -0.15) is 5.10 Å². The number of aliphatic imine (C=N–C) groups is 1. The molecular weight excluding hydrogens is 389 g/mol. The second-order valence-corrected chi connectivity index (χ2v) is 8.01. The fraction of sp³-hybridized carbons (Fsp3) is 0.500. The third kappa shape index (κ3) is 3.51. The van der Waals surface area contributed by atoms with Crippen LogP contribution in [-0.4, -0.2) is 80.9 Å². The number of carbonyl (C=O) groups is 1. The summed E-state index contributed by atoms with van der Waals surface area (Å²) in [6.07, 6.45) is 10.0. The third-order valence-electron chi connectivity index (χ3n) is 5.99. The number of hydrogen-bond donors (Lipinski definition) is 2. The number of hydrazone groups is 1. The molecule has 5 heterocycles. The van der Waals surface area contributed by atoms with Crippen LogP contribution in [0, 0.1) is 5.82 Å². The van der Waals surface area contributed by atoms with E-state index in [2.05, 4.69) is 20.3 Å². The van der Waals surface area contributed by atoms with Crippen LogP contribution in [0.25, 0.3) is 0 Å². The van der Waals surface area contributed by atoms with Crippen molar-refractivity contribution < 1.29 is 14.3 Å². The van der Waals surface area contributed by atoms with Crippen LogP contribution in [0.5, 0.6) is 0 Å². The third-order valence-corrected chi connectivity index (χ3v) is 5.99. The Hall–Kier alpha value is -3.01. The largest absolute Gasteiger partial charge is 0.391 e. The lowest BCUT2D eigenvalue weighted by atomic mass is 10.1. The van der Waals surface area contributed by atoms with E-state index in [0.717, 1.165) is 30.8 Å². The number of amides is 2. The zero-order valence-corrected chi connectivity index (χ0v) is 16.4. The van der Waals surface area contributed by atoms with Gasteiger partial charge in [0.25, 0.3) is 0 Å². The molecule has 0 aromatic carbocycles. The van der Waals surface area contributed by atoms with Crippen LogP contribution in [0.15, 0.2) is 40.8 Å². The monoisotopic (exact) mass is 413 g/mol. The van der Waals surface area contributed by atoms with Crippen LogP contribution in [-0.2, 0) is 0 Å². The molecule has 2 N–H and O–H groups in total. The Morgan fingerprint density at radius 3 is 2.97 bits per heavy atom. The first kappa shape index (κ1) is 19.0. The van der Waals surface area contributed by atoms with Gasteiger partial charge in [-0.05, 0) is 37.0 Å². The quantitative estimate of drug-likeness (QED) is 0.756. The summed E-state index contributed by atoms with van der Waals surface area (Å²) >= 11 is 0. The van der Waals surface area contributed by atoms with Crippen molar-refractivity contribution in [2.75, 3.05) is 19.6 Å². The maximum absolute atomic E-state index is 13.7. The molecule has 2 fully saturated rings. The Morgan fingerprint density at radius 1 is 1.27 bits per heavy atom. The number of β-amino-alcohol motifs (C(OH)–C–C–N with tert-alkyl or cyclic N) is 1. The zero-order valence-electron chi connectivity index (χ0n) is 16.4. The first-order valence-corrected chi connectivity index (χ1v) is 10.3. The minimum Gasteiger partial charge on any atom is -0.391 e. The second-order valence-electron chi connectivity index (χ2n) is 8.01. The molecule has 0 spiro atoms. The maximum atomic E-state index is 13.7. The van der Waals surface area contributed by atoms with Crippen molar-refractivity contribution in [1.82, 2.24) is 25.1 Å². The van der Waals surface area contributed by atoms with Crippen molar-refractivity contribution in [3.8, 4) is 0 Å². The van der Waals surface area contributed by atoms with Gasteiger partial charge in [0.1, 0.15) is 17.7 Å². The van der Waals surface area contributed by atoms with E-state index < -0.39 is 6.10 Å². The first-order valence-electron chi connectivity index (χ1n) is 10.3. The summed E-state index contributed by atoms with van der Waals surface area (Å²) in [5.74, 6) is 0.454. The fourth-order valence-corrected chi connectivity index (χ4v) is 4.49. The van der Waals surface area contributed by atoms with Gasteiger partial charge in [0.2, 0.25) is 0 Å². The highest BCUT2D eigenvalue weighted by Crippen LogP contribution is 2.33. The first-order chi connectivity index (χ1) is 14.6. The lowest BCUT2D eigenvalue weighted by Crippen LogP contribution is -2.51. The van der Waals surface area contributed by atoms with Gasteiger partial charge < -0.3 is 20.2 Å². The Morgan fingerprint density at radius 2 is 2.17 bits per heavy atom. The summed E-state index contributed by atoms with van der Waals surface area (Å²) in [4.78, 5) is 25.2. The van der Waals surface area contributed by atoms with Gasteiger partial charge in [-0.15, -0.1) is 0 Å². The Kier molecular flexibility index (Phi) is 4.86. The number of likely N-dealkylation sites (tertiary alicyclic amines) is 2. The number of aliphatic hydroxyl groups excluding tert-OH is 1. The van der Waals surface area contributed by atoms with E-state index in [9.17, 15) is 14.3 Å². The predicted octanol–water partition coefficient (Wildman–Crippen LogP) is 1.06. The normalized spacial score (nSPS) is 30.1. The molecule has 1 aromatic rings. The molecule has 0 aliphatic carbocycles. The predicted molar refractivity (Wildman–Crippen MR) is 108 cm³/mol. The molecule has 4 atom stereocenters. The van der Waals surface area contributed by atoms with E-state index in [1.54, 1.807) is 22.3 Å². The van der Waals surface area contributed by atoms with E-state index in [1.807, 2.05) is 12.3 Å². The molecule has 0 saturated carbocycles. The van der Waals surface area contributed by atoms with E-state index >= 15 is 0 Å². The highest BCUT2D eigenvalue weighted by atomic mass is 19.1. The smallest absolute Gasteiger partial charge is 0.318 e. The average Bonchev–Trinajstić information content (AvgIpc) is 3.47. The van der Waals surface area contributed by atoms with Gasteiger partial charge in [0, 0.05) is 32.0 Å². The Balaban J connectivity index is 1.32. The van der Waals surface area contributed by atoms with Crippen LogP contribution < -0.4 is 5.32 Å². The molecule has 158 valence electrons. The molecule has 10 heteroatoms. The van der Waals surface area contributed by atoms with Crippen molar-refractivity contribution in [2.24, 2.45) is 10.1 Å². The van der Waals surface area contributed by atoms with Crippen LogP contribution >= 0.6 is 0 Å². The van der Waals surface area contributed by atoms with Crippen LogP contribution in [0.2, 0.25) is 0 Å². The van der Waals surface area contributed by atoms with Gasteiger partial charge in [-0.25, -0.2) is 19.2 Å². The molecule has 5 rings (SSSR count). The van der Waals surface area contributed by atoms with Gasteiger partial charge in [0.15, 0.2) is 6.17 Å². The van der Waals surface area contributed by atoms with E-state index in [-0.39, 0.29) is 30.1 Å². The fourth-order valence-electron chi connectivity index (χ4n) is 4.49. The number of fused-ring (bicyclic) bond motifs is 1. The number of nitrogens with zero attached hydrogens (tertiary/aromatic N) is 6. The van der Waals surface area contributed by atoms with Crippen molar-refractivity contribution >= 4 is 18.1 Å². The summed E-state index contributed by atoms with van der Waals surface area (Å²) in [7, 11) is 0. The molecule has 9 nitrogen and oxygen atoms in total. The topological polar surface area (TPSA) is 96.7 Å². The number of nitrogens with one attached hydrogen (secondary N) is 1. The van der Waals surface area contributed by atoms with E-state index in [0.29, 0.717) is 19.5 Å². The molecule has 2 unspecified atom stereocenters. The molecule has 30 heavy (non-hydrogen) atoms. The minimum atomic E-state index is -0.462. The summed E-state index contributed by atoms with van der Waals surface area (Å²) in [5.41, 5.74) is 0.839. The SMILES string of the molecule is O=C(NC1C=NN2C=CC(N3CCC[C@@H]3c3cncc(F)c3)=NC12)N1CC[C@@H](O)C1. The molecular formula is C20H24FN7O2. The lowest BCUT2D eigenvalue weighted by molar-refractivity contribution is 0.169. The van der Waals surface area contributed by atoms with E-state index in [4.69, 9.17) is 4.99 Å². The molecule has 1 aromatic heterocycles. The number of amidine groups is 1.